The second kappa shape index (κ2) is 5.43. The van der Waals surface area contributed by atoms with Gasteiger partial charge in [0.25, 0.3) is 0 Å². The molecule has 0 bridgehead atoms. The standard InChI is InChI=1S/C10H12N2O6/c1-18-7-3-2-5(4-6(7)12(16)17)8(13)9(14)10(11)15/h2-4,8-9,13-14H,1H3,(H2,11,15). The predicted octanol–water partition coefficient (Wildman–Crippen LogP) is -0.517. The Morgan fingerprint density at radius 1 is 1.50 bits per heavy atom. The van der Waals surface area contributed by atoms with Crippen molar-refractivity contribution in [2.45, 2.75) is 12.2 Å². The van der Waals surface area contributed by atoms with Crippen LogP contribution in [0, 0.1) is 10.1 Å². The Morgan fingerprint density at radius 2 is 2.11 bits per heavy atom. The molecule has 1 rings (SSSR count). The van der Waals surface area contributed by atoms with Crippen molar-refractivity contribution in [1.82, 2.24) is 0 Å². The molecule has 0 aliphatic heterocycles. The van der Waals surface area contributed by atoms with Gasteiger partial charge in [-0.2, -0.15) is 0 Å². The summed E-state index contributed by atoms with van der Waals surface area (Å²) >= 11 is 0. The molecule has 2 unspecified atom stereocenters. The lowest BCUT2D eigenvalue weighted by Gasteiger charge is -2.15. The Balaban J connectivity index is 3.15. The molecule has 1 amide bonds. The van der Waals surface area contributed by atoms with Crippen LogP contribution in [0.3, 0.4) is 0 Å². The van der Waals surface area contributed by atoms with Gasteiger partial charge in [0.2, 0.25) is 5.91 Å². The van der Waals surface area contributed by atoms with Gasteiger partial charge in [-0.3, -0.25) is 14.9 Å². The van der Waals surface area contributed by atoms with Crippen LogP contribution < -0.4 is 10.5 Å². The SMILES string of the molecule is COc1ccc(C(O)C(O)C(N)=O)cc1[N+](=O)[O-]. The summed E-state index contributed by atoms with van der Waals surface area (Å²) in [7, 11) is 1.26. The van der Waals surface area contributed by atoms with Gasteiger partial charge >= 0.3 is 5.69 Å². The highest BCUT2D eigenvalue weighted by atomic mass is 16.6. The van der Waals surface area contributed by atoms with Gasteiger partial charge in [0.15, 0.2) is 11.9 Å². The quantitative estimate of drug-likeness (QED) is 0.479. The summed E-state index contributed by atoms with van der Waals surface area (Å²) in [6, 6.07) is 3.56. The Hall–Kier alpha value is -2.19. The van der Waals surface area contributed by atoms with E-state index in [9.17, 15) is 25.1 Å². The van der Waals surface area contributed by atoms with E-state index < -0.39 is 23.0 Å². The summed E-state index contributed by atoms with van der Waals surface area (Å²) in [5.41, 5.74) is 4.43. The lowest BCUT2D eigenvalue weighted by atomic mass is 10.0. The number of nitrogens with zero attached hydrogens (tertiary/aromatic N) is 1. The molecule has 0 radical (unpaired) electrons. The summed E-state index contributed by atoms with van der Waals surface area (Å²) in [4.78, 5) is 20.8. The van der Waals surface area contributed by atoms with Crippen LogP contribution in [0.15, 0.2) is 18.2 Å². The molecule has 1 aromatic rings. The number of nitrogens with two attached hydrogens (primary N) is 1. The molecular formula is C10H12N2O6. The molecule has 0 aliphatic rings. The third kappa shape index (κ3) is 2.73. The molecule has 8 nitrogen and oxygen atoms in total. The summed E-state index contributed by atoms with van der Waals surface area (Å²) in [5.74, 6) is -1.12. The van der Waals surface area contributed by atoms with Crippen molar-refractivity contribution in [2.24, 2.45) is 5.73 Å². The van der Waals surface area contributed by atoms with Gasteiger partial charge in [-0.25, -0.2) is 0 Å². The Labute approximate surface area is 102 Å². The van der Waals surface area contributed by atoms with E-state index in [2.05, 4.69) is 0 Å². The fraction of sp³-hybridized carbons (Fsp3) is 0.300. The monoisotopic (exact) mass is 256 g/mol. The molecule has 0 saturated heterocycles. The van der Waals surface area contributed by atoms with Crippen molar-refractivity contribution in [3.63, 3.8) is 0 Å². The first-order chi connectivity index (χ1) is 8.38. The number of benzene rings is 1. The number of nitro benzene ring substituents is 1. The maximum Gasteiger partial charge on any atom is 0.311 e. The molecule has 8 heteroatoms. The highest BCUT2D eigenvalue weighted by molar-refractivity contribution is 5.79. The van der Waals surface area contributed by atoms with Crippen molar-refractivity contribution in [2.75, 3.05) is 7.11 Å². The van der Waals surface area contributed by atoms with Crippen LogP contribution in [0.1, 0.15) is 11.7 Å². The molecule has 0 saturated carbocycles. The molecule has 2 atom stereocenters. The van der Waals surface area contributed by atoms with Crippen molar-refractivity contribution in [3.8, 4) is 5.75 Å². The molecule has 0 aliphatic carbocycles. The van der Waals surface area contributed by atoms with Crippen molar-refractivity contribution in [3.05, 3.63) is 33.9 Å². The Morgan fingerprint density at radius 3 is 2.56 bits per heavy atom. The van der Waals surface area contributed by atoms with Gasteiger partial charge < -0.3 is 20.7 Å². The molecular weight excluding hydrogens is 244 g/mol. The second-order valence-electron chi connectivity index (χ2n) is 3.48. The van der Waals surface area contributed by atoms with Crippen molar-refractivity contribution < 1.29 is 24.7 Å². The normalized spacial score (nSPS) is 13.7. The fourth-order valence-corrected chi connectivity index (χ4v) is 1.37. The van der Waals surface area contributed by atoms with E-state index in [1.807, 2.05) is 0 Å². The second-order valence-corrected chi connectivity index (χ2v) is 3.48. The zero-order chi connectivity index (χ0) is 13.9. The van der Waals surface area contributed by atoms with Crippen LogP contribution in [0.5, 0.6) is 5.75 Å². The number of ether oxygens (including phenoxy) is 1. The summed E-state index contributed by atoms with van der Waals surface area (Å²) in [6.07, 6.45) is -3.47. The molecule has 98 valence electrons. The number of hydrogen-bond acceptors (Lipinski definition) is 6. The van der Waals surface area contributed by atoms with Crippen LogP contribution in [-0.2, 0) is 4.79 Å². The Bertz CT molecular complexity index is 475. The van der Waals surface area contributed by atoms with E-state index in [4.69, 9.17) is 10.5 Å². The van der Waals surface area contributed by atoms with Crippen LogP contribution in [0.4, 0.5) is 5.69 Å². The number of primary amides is 1. The van der Waals surface area contributed by atoms with E-state index in [1.54, 1.807) is 0 Å². The highest BCUT2D eigenvalue weighted by Crippen LogP contribution is 2.30. The van der Waals surface area contributed by atoms with Gasteiger partial charge in [-0.15, -0.1) is 0 Å². The number of nitro groups is 1. The maximum absolute atomic E-state index is 10.7. The van der Waals surface area contributed by atoms with E-state index in [1.165, 1.54) is 19.2 Å². The zero-order valence-electron chi connectivity index (χ0n) is 9.44. The van der Waals surface area contributed by atoms with Crippen LogP contribution in [0.25, 0.3) is 0 Å². The van der Waals surface area contributed by atoms with Crippen LogP contribution >= 0.6 is 0 Å². The highest BCUT2D eigenvalue weighted by Gasteiger charge is 2.26. The first kappa shape index (κ1) is 13.9. The van der Waals surface area contributed by atoms with E-state index >= 15 is 0 Å². The van der Waals surface area contributed by atoms with Gasteiger partial charge in [-0.05, 0) is 11.6 Å². The number of rotatable bonds is 5. The minimum atomic E-state index is -1.84. The minimum absolute atomic E-state index is 0.00418. The van der Waals surface area contributed by atoms with Gasteiger partial charge in [0.05, 0.1) is 12.0 Å². The fourth-order valence-electron chi connectivity index (χ4n) is 1.37. The number of aliphatic hydroxyl groups excluding tert-OH is 2. The first-order valence-corrected chi connectivity index (χ1v) is 4.86. The molecule has 1 aromatic carbocycles. The summed E-state index contributed by atoms with van der Waals surface area (Å²) in [5, 5.41) is 29.6. The predicted molar refractivity (Wildman–Crippen MR) is 59.8 cm³/mol. The van der Waals surface area contributed by atoms with Crippen LogP contribution in [0.2, 0.25) is 0 Å². The van der Waals surface area contributed by atoms with E-state index in [0.29, 0.717) is 0 Å². The van der Waals surface area contributed by atoms with E-state index in [-0.39, 0.29) is 17.0 Å². The molecule has 0 fully saturated rings. The van der Waals surface area contributed by atoms with Gasteiger partial charge in [0.1, 0.15) is 6.10 Å². The van der Waals surface area contributed by atoms with Gasteiger partial charge in [0, 0.05) is 6.07 Å². The topological polar surface area (TPSA) is 136 Å². The average Bonchev–Trinajstić information content (AvgIpc) is 2.35. The molecule has 18 heavy (non-hydrogen) atoms. The molecule has 0 heterocycles. The van der Waals surface area contributed by atoms with Crippen molar-refractivity contribution in [1.29, 1.82) is 0 Å². The molecule has 4 N–H and O–H groups in total. The summed E-state index contributed by atoms with van der Waals surface area (Å²) in [6.45, 7) is 0. The number of amides is 1. The molecule has 0 aromatic heterocycles. The number of methoxy groups -OCH3 is 1. The smallest absolute Gasteiger partial charge is 0.311 e. The van der Waals surface area contributed by atoms with Crippen LogP contribution in [-0.4, -0.2) is 34.3 Å². The zero-order valence-corrected chi connectivity index (χ0v) is 9.44. The largest absolute Gasteiger partial charge is 0.490 e. The number of carbonyl (C=O) groups excluding carboxylic acids is 1. The minimum Gasteiger partial charge on any atom is -0.490 e. The number of hydrogen-bond donors (Lipinski definition) is 3. The summed E-state index contributed by atoms with van der Waals surface area (Å²) < 4.78 is 4.77. The Kier molecular flexibility index (Phi) is 4.18. The third-order valence-electron chi connectivity index (χ3n) is 2.33. The number of carbonyl (C=O) groups is 1. The maximum atomic E-state index is 10.7. The van der Waals surface area contributed by atoms with Crippen molar-refractivity contribution >= 4 is 11.6 Å². The molecule has 0 spiro atoms. The van der Waals surface area contributed by atoms with E-state index in [0.717, 1.165) is 6.07 Å². The first-order valence-electron chi connectivity index (χ1n) is 4.86. The average molecular weight is 256 g/mol. The number of aliphatic hydroxyl groups is 2. The van der Waals surface area contributed by atoms with Gasteiger partial charge in [-0.1, -0.05) is 6.07 Å². The lowest BCUT2D eigenvalue weighted by Crippen LogP contribution is -2.33. The lowest BCUT2D eigenvalue weighted by molar-refractivity contribution is -0.385. The third-order valence-corrected chi connectivity index (χ3v) is 2.33.